The Hall–Kier alpha value is -2.91. The van der Waals surface area contributed by atoms with Gasteiger partial charge in [-0.3, -0.25) is 9.59 Å². The van der Waals surface area contributed by atoms with Crippen molar-refractivity contribution < 1.29 is 13.2 Å². The van der Waals surface area contributed by atoms with E-state index in [0.29, 0.717) is 5.69 Å². The second-order valence-corrected chi connectivity index (χ2v) is 9.47. The zero-order valence-electron chi connectivity index (χ0n) is 16.5. The van der Waals surface area contributed by atoms with Crippen molar-refractivity contribution in [2.45, 2.75) is 35.2 Å². The minimum absolute atomic E-state index is 0.0164. The molecule has 0 radical (unpaired) electrons. The van der Waals surface area contributed by atoms with Crippen molar-refractivity contribution in [1.29, 1.82) is 0 Å². The Morgan fingerprint density at radius 2 is 1.77 bits per heavy atom. The number of benzene rings is 2. The fourth-order valence-electron chi connectivity index (χ4n) is 2.63. The zero-order valence-corrected chi connectivity index (χ0v) is 18.1. The normalized spacial score (nSPS) is 11.3. The first-order chi connectivity index (χ1) is 14.3. The number of hydrogen-bond donors (Lipinski definition) is 2. The largest absolute Gasteiger partial charge is 0.325 e. The van der Waals surface area contributed by atoms with E-state index >= 15 is 0 Å². The molecule has 0 aliphatic heterocycles. The van der Waals surface area contributed by atoms with Gasteiger partial charge in [0, 0.05) is 5.69 Å². The number of sulfone groups is 1. The second kappa shape index (κ2) is 9.27. The molecule has 0 saturated carbocycles. The predicted molar refractivity (Wildman–Crippen MR) is 117 cm³/mol. The highest BCUT2D eigenvalue weighted by Gasteiger charge is 2.22. The number of H-pyrrole nitrogens is 1. The van der Waals surface area contributed by atoms with Crippen LogP contribution in [0, 0.1) is 6.92 Å². The fourth-order valence-corrected chi connectivity index (χ4v) is 4.50. The molecule has 0 aliphatic carbocycles. The third kappa shape index (κ3) is 5.17. The minimum atomic E-state index is -3.98. The van der Waals surface area contributed by atoms with Gasteiger partial charge in [0.15, 0.2) is 10.1 Å². The summed E-state index contributed by atoms with van der Waals surface area (Å²) >= 11 is 1.01. The van der Waals surface area contributed by atoms with Gasteiger partial charge in [0.2, 0.25) is 15.7 Å². The number of rotatable bonds is 7. The van der Waals surface area contributed by atoms with Crippen molar-refractivity contribution in [3.8, 4) is 0 Å². The number of anilines is 1. The molecule has 1 amide bonds. The molecule has 2 N–H and O–H groups in total. The van der Waals surface area contributed by atoms with Crippen molar-refractivity contribution >= 4 is 33.2 Å². The number of aromatic amines is 1. The van der Waals surface area contributed by atoms with E-state index in [0.717, 1.165) is 29.9 Å². The maximum atomic E-state index is 12.7. The highest BCUT2D eigenvalue weighted by atomic mass is 32.2. The molecule has 7 nitrogen and oxygen atoms in total. The summed E-state index contributed by atoms with van der Waals surface area (Å²) in [4.78, 5) is 30.5. The summed E-state index contributed by atoms with van der Waals surface area (Å²) in [5.41, 5.74) is 1.99. The summed E-state index contributed by atoms with van der Waals surface area (Å²) in [6.45, 7) is 3.89. The third-order valence-electron chi connectivity index (χ3n) is 4.35. The molecule has 0 bridgehead atoms. The van der Waals surface area contributed by atoms with Crippen LogP contribution in [0.1, 0.15) is 18.1 Å². The summed E-state index contributed by atoms with van der Waals surface area (Å²) < 4.78 is 25.3. The summed E-state index contributed by atoms with van der Waals surface area (Å²) in [6, 6.07) is 13.7. The Morgan fingerprint density at radius 3 is 2.37 bits per heavy atom. The summed E-state index contributed by atoms with van der Waals surface area (Å²) in [5.74, 6) is -0.244. The molecular weight excluding hydrogens is 422 g/mol. The average molecular weight is 444 g/mol. The van der Waals surface area contributed by atoms with Crippen LogP contribution in [-0.4, -0.2) is 30.0 Å². The lowest BCUT2D eigenvalue weighted by atomic mass is 10.1. The Balaban J connectivity index is 1.67. The molecule has 0 saturated heterocycles. The highest BCUT2D eigenvalue weighted by Crippen LogP contribution is 2.19. The van der Waals surface area contributed by atoms with E-state index in [4.69, 9.17) is 0 Å². The van der Waals surface area contributed by atoms with Crippen LogP contribution in [0.5, 0.6) is 0 Å². The van der Waals surface area contributed by atoms with Gasteiger partial charge in [-0.1, -0.05) is 48.5 Å². The van der Waals surface area contributed by atoms with Gasteiger partial charge in [-0.05, 0) is 43.2 Å². The summed E-state index contributed by atoms with van der Waals surface area (Å²) in [6.07, 6.45) is 1.94. The van der Waals surface area contributed by atoms with E-state index < -0.39 is 20.3 Å². The fraction of sp³-hybridized carbons (Fsp3) is 0.190. The van der Waals surface area contributed by atoms with Gasteiger partial charge in [0.05, 0.1) is 16.8 Å². The lowest BCUT2D eigenvalue weighted by molar-refractivity contribution is -0.113. The molecule has 2 aromatic carbocycles. The van der Waals surface area contributed by atoms with Gasteiger partial charge in [-0.15, -0.1) is 0 Å². The zero-order chi connectivity index (χ0) is 21.7. The highest BCUT2D eigenvalue weighted by molar-refractivity contribution is 7.99. The van der Waals surface area contributed by atoms with E-state index in [1.807, 2.05) is 31.2 Å². The molecular formula is C21H21N3O4S2. The molecule has 1 heterocycles. The lowest BCUT2D eigenvalue weighted by Gasteiger charge is -2.07. The van der Waals surface area contributed by atoms with Gasteiger partial charge >= 0.3 is 0 Å². The molecule has 0 atom stereocenters. The Bertz CT molecular complexity index is 1200. The van der Waals surface area contributed by atoms with Crippen LogP contribution in [0.4, 0.5) is 5.69 Å². The van der Waals surface area contributed by atoms with Gasteiger partial charge < -0.3 is 10.3 Å². The number of nitrogens with one attached hydrogen (secondary N) is 2. The second-order valence-electron chi connectivity index (χ2n) is 6.59. The number of amides is 1. The van der Waals surface area contributed by atoms with Gasteiger partial charge in [0.1, 0.15) is 0 Å². The van der Waals surface area contributed by atoms with Crippen molar-refractivity contribution in [3.63, 3.8) is 0 Å². The monoisotopic (exact) mass is 443 g/mol. The van der Waals surface area contributed by atoms with Crippen molar-refractivity contribution in [3.05, 3.63) is 76.2 Å². The number of hydrogen-bond acceptors (Lipinski definition) is 6. The number of carbonyl (C=O) groups is 1. The topological polar surface area (TPSA) is 109 Å². The molecule has 0 unspecified atom stereocenters. The van der Waals surface area contributed by atoms with Crippen LogP contribution >= 0.6 is 11.8 Å². The molecule has 1 aromatic heterocycles. The van der Waals surface area contributed by atoms with E-state index in [2.05, 4.69) is 22.2 Å². The first-order valence-corrected chi connectivity index (χ1v) is 11.7. The van der Waals surface area contributed by atoms with Crippen molar-refractivity contribution in [2.24, 2.45) is 0 Å². The number of aromatic nitrogens is 2. The maximum Gasteiger partial charge on any atom is 0.270 e. The summed E-state index contributed by atoms with van der Waals surface area (Å²) in [7, 11) is -3.98. The van der Waals surface area contributed by atoms with Crippen LogP contribution in [0.2, 0.25) is 0 Å². The van der Waals surface area contributed by atoms with E-state index in [-0.39, 0.29) is 21.7 Å². The first-order valence-electron chi connectivity index (χ1n) is 9.22. The Kier molecular flexibility index (Phi) is 6.73. The molecule has 0 fully saturated rings. The SMILES string of the molecule is CCc1ccc(NC(=O)CSc2ncc(S(=O)(=O)c3ccc(C)cc3)c(=O)[nH]2)cc1. The molecule has 0 aliphatic rings. The van der Waals surface area contributed by atoms with Gasteiger partial charge in [-0.2, -0.15) is 0 Å². The van der Waals surface area contributed by atoms with E-state index in [1.165, 1.54) is 17.7 Å². The molecule has 3 rings (SSSR count). The van der Waals surface area contributed by atoms with E-state index in [1.54, 1.807) is 12.1 Å². The Morgan fingerprint density at radius 1 is 1.10 bits per heavy atom. The average Bonchev–Trinajstić information content (AvgIpc) is 2.73. The maximum absolute atomic E-state index is 12.7. The van der Waals surface area contributed by atoms with Crippen molar-refractivity contribution in [2.75, 3.05) is 11.1 Å². The standard InChI is InChI=1S/C21H21N3O4S2/c1-3-15-6-8-16(9-7-15)23-19(25)13-29-21-22-12-18(20(26)24-21)30(27,28)17-10-4-14(2)5-11-17/h4-12H,3,13H2,1-2H3,(H,23,25)(H,22,24,26). The smallest absolute Gasteiger partial charge is 0.270 e. The van der Waals surface area contributed by atoms with Crippen molar-refractivity contribution in [1.82, 2.24) is 9.97 Å². The predicted octanol–water partition coefficient (Wildman–Crippen LogP) is 3.20. The van der Waals surface area contributed by atoms with Gasteiger partial charge in [-0.25, -0.2) is 13.4 Å². The van der Waals surface area contributed by atoms with Crippen LogP contribution < -0.4 is 10.9 Å². The van der Waals surface area contributed by atoms with Gasteiger partial charge in [0.25, 0.3) is 5.56 Å². The lowest BCUT2D eigenvalue weighted by Crippen LogP contribution is -2.20. The molecule has 9 heteroatoms. The quantitative estimate of drug-likeness (QED) is 0.429. The number of thioether (sulfide) groups is 1. The van der Waals surface area contributed by atoms with Crippen LogP contribution in [0.25, 0.3) is 0 Å². The Labute approximate surface area is 178 Å². The van der Waals surface area contributed by atoms with Crippen LogP contribution in [-0.2, 0) is 21.1 Å². The minimum Gasteiger partial charge on any atom is -0.325 e. The molecule has 3 aromatic rings. The summed E-state index contributed by atoms with van der Waals surface area (Å²) in [5, 5.41) is 2.93. The van der Waals surface area contributed by atoms with Crippen LogP contribution in [0.3, 0.4) is 0 Å². The number of aryl methyl sites for hydroxylation is 2. The first kappa shape index (κ1) is 21.8. The van der Waals surface area contributed by atoms with Crippen LogP contribution in [0.15, 0.2) is 74.5 Å². The number of nitrogens with zero attached hydrogens (tertiary/aromatic N) is 1. The molecule has 30 heavy (non-hydrogen) atoms. The molecule has 156 valence electrons. The molecule has 0 spiro atoms. The number of carbonyl (C=O) groups excluding carboxylic acids is 1. The third-order valence-corrected chi connectivity index (χ3v) is 7.00. The van der Waals surface area contributed by atoms with E-state index in [9.17, 15) is 18.0 Å².